The normalized spacial score (nSPS) is 24.7. The Balaban J connectivity index is 1.88. The van der Waals surface area contributed by atoms with Gasteiger partial charge in [-0.05, 0) is 38.8 Å². The van der Waals surface area contributed by atoms with Crippen LogP contribution in [0.5, 0.6) is 0 Å². The summed E-state index contributed by atoms with van der Waals surface area (Å²) in [6.45, 7) is 1.76. The third kappa shape index (κ3) is 4.62. The average Bonchev–Trinajstić information content (AvgIpc) is 2.19. The van der Waals surface area contributed by atoms with Crippen LogP contribution in [-0.2, 0) is 14.3 Å². The second-order valence-electron chi connectivity index (χ2n) is 4.07. The Labute approximate surface area is 91.3 Å². The predicted molar refractivity (Wildman–Crippen MR) is 57.6 cm³/mol. The van der Waals surface area contributed by atoms with Gasteiger partial charge in [0.2, 0.25) is 0 Å². The summed E-state index contributed by atoms with van der Waals surface area (Å²) in [5.41, 5.74) is 0. The molecule has 0 aliphatic heterocycles. The van der Waals surface area contributed by atoms with Crippen molar-refractivity contribution >= 4 is 5.97 Å². The molecule has 0 aromatic heterocycles. The van der Waals surface area contributed by atoms with Crippen LogP contribution in [0.15, 0.2) is 0 Å². The average molecular weight is 215 g/mol. The van der Waals surface area contributed by atoms with E-state index in [2.05, 4.69) is 10.1 Å². The van der Waals surface area contributed by atoms with Gasteiger partial charge in [-0.3, -0.25) is 4.79 Å². The first-order chi connectivity index (χ1) is 7.26. The molecule has 1 fully saturated rings. The Morgan fingerprint density at radius 1 is 1.47 bits per heavy atom. The van der Waals surface area contributed by atoms with E-state index < -0.39 is 0 Å². The summed E-state index contributed by atoms with van der Waals surface area (Å²) < 4.78 is 10.2. The molecule has 0 amide bonds. The Morgan fingerprint density at radius 2 is 2.20 bits per heavy atom. The summed E-state index contributed by atoms with van der Waals surface area (Å²) in [7, 11) is 3.39. The number of esters is 1. The van der Waals surface area contributed by atoms with Crippen molar-refractivity contribution in [1.82, 2.24) is 5.32 Å². The van der Waals surface area contributed by atoms with Crippen molar-refractivity contribution in [2.24, 2.45) is 5.92 Å². The number of carbonyl (C=O) groups is 1. The molecule has 1 aliphatic carbocycles. The van der Waals surface area contributed by atoms with E-state index in [-0.39, 0.29) is 5.97 Å². The molecule has 0 heterocycles. The molecule has 4 heteroatoms. The fraction of sp³-hybridized carbons (Fsp3) is 0.909. The van der Waals surface area contributed by atoms with Crippen LogP contribution in [0.3, 0.4) is 0 Å². The number of methoxy groups -OCH3 is 1. The number of hydrogen-bond acceptors (Lipinski definition) is 4. The van der Waals surface area contributed by atoms with E-state index in [1.54, 1.807) is 0 Å². The smallest absolute Gasteiger partial charge is 0.305 e. The molecule has 4 nitrogen and oxygen atoms in total. The van der Waals surface area contributed by atoms with Crippen LogP contribution in [0.4, 0.5) is 0 Å². The topological polar surface area (TPSA) is 47.6 Å². The Kier molecular flexibility index (Phi) is 5.65. The lowest BCUT2D eigenvalue weighted by atomic mass is 9.82. The van der Waals surface area contributed by atoms with Crippen LogP contribution in [0.25, 0.3) is 0 Å². The molecule has 0 atom stereocenters. The van der Waals surface area contributed by atoms with E-state index in [0.29, 0.717) is 19.1 Å². The van der Waals surface area contributed by atoms with E-state index >= 15 is 0 Å². The van der Waals surface area contributed by atoms with Gasteiger partial charge in [-0.1, -0.05) is 0 Å². The number of rotatable bonds is 7. The van der Waals surface area contributed by atoms with Crippen LogP contribution >= 0.6 is 0 Å². The van der Waals surface area contributed by atoms with E-state index in [1.165, 1.54) is 7.11 Å². The number of ether oxygens (including phenoxy) is 2. The van der Waals surface area contributed by atoms with Crippen LogP contribution < -0.4 is 5.32 Å². The van der Waals surface area contributed by atoms with Crippen molar-refractivity contribution in [3.05, 3.63) is 0 Å². The van der Waals surface area contributed by atoms with Gasteiger partial charge in [0.1, 0.15) is 0 Å². The standard InChI is InChI=1S/C11H21NO3/c1-12-8-9-6-10(7-9)15-5-3-4-11(13)14-2/h9-10,12H,3-8H2,1-2H3. The fourth-order valence-electron chi connectivity index (χ4n) is 1.83. The lowest BCUT2D eigenvalue weighted by molar-refractivity contribution is -0.141. The monoisotopic (exact) mass is 215 g/mol. The van der Waals surface area contributed by atoms with E-state index in [0.717, 1.165) is 31.7 Å². The first-order valence-electron chi connectivity index (χ1n) is 5.59. The maximum absolute atomic E-state index is 10.8. The first kappa shape index (κ1) is 12.5. The summed E-state index contributed by atoms with van der Waals surface area (Å²) >= 11 is 0. The van der Waals surface area contributed by atoms with Gasteiger partial charge in [0, 0.05) is 13.0 Å². The van der Waals surface area contributed by atoms with Crippen LogP contribution in [0.2, 0.25) is 0 Å². The maximum Gasteiger partial charge on any atom is 0.305 e. The highest BCUT2D eigenvalue weighted by molar-refractivity contribution is 5.68. The lowest BCUT2D eigenvalue weighted by Crippen LogP contribution is -2.37. The van der Waals surface area contributed by atoms with Crippen LogP contribution in [-0.4, -0.2) is 39.4 Å². The lowest BCUT2D eigenvalue weighted by Gasteiger charge is -2.35. The highest BCUT2D eigenvalue weighted by Crippen LogP contribution is 2.29. The highest BCUT2D eigenvalue weighted by atomic mass is 16.5. The van der Waals surface area contributed by atoms with Crippen molar-refractivity contribution in [3.8, 4) is 0 Å². The summed E-state index contributed by atoms with van der Waals surface area (Å²) in [6.07, 6.45) is 3.95. The molecule has 0 spiro atoms. The fourth-order valence-corrected chi connectivity index (χ4v) is 1.83. The minimum absolute atomic E-state index is 0.153. The van der Waals surface area contributed by atoms with Gasteiger partial charge in [-0.25, -0.2) is 0 Å². The molecule has 88 valence electrons. The van der Waals surface area contributed by atoms with E-state index in [9.17, 15) is 4.79 Å². The van der Waals surface area contributed by atoms with Gasteiger partial charge in [-0.15, -0.1) is 0 Å². The molecule has 0 radical (unpaired) electrons. The Morgan fingerprint density at radius 3 is 2.80 bits per heavy atom. The van der Waals surface area contributed by atoms with Crippen LogP contribution in [0.1, 0.15) is 25.7 Å². The van der Waals surface area contributed by atoms with Crippen molar-refractivity contribution < 1.29 is 14.3 Å². The van der Waals surface area contributed by atoms with E-state index in [4.69, 9.17) is 4.74 Å². The first-order valence-corrected chi connectivity index (χ1v) is 5.59. The quantitative estimate of drug-likeness (QED) is 0.507. The molecule has 1 rings (SSSR count). The molecule has 0 aromatic rings. The van der Waals surface area contributed by atoms with Gasteiger partial charge in [0.25, 0.3) is 0 Å². The van der Waals surface area contributed by atoms with Crippen molar-refractivity contribution in [1.29, 1.82) is 0 Å². The zero-order valence-corrected chi connectivity index (χ0v) is 9.62. The van der Waals surface area contributed by atoms with Crippen molar-refractivity contribution in [2.45, 2.75) is 31.8 Å². The second-order valence-corrected chi connectivity index (χ2v) is 4.07. The molecule has 0 bridgehead atoms. The third-order valence-electron chi connectivity index (χ3n) is 2.79. The number of nitrogens with one attached hydrogen (secondary N) is 1. The molecule has 0 aromatic carbocycles. The number of hydrogen-bond donors (Lipinski definition) is 1. The molecular weight excluding hydrogens is 194 g/mol. The van der Waals surface area contributed by atoms with Gasteiger partial charge in [-0.2, -0.15) is 0 Å². The molecular formula is C11H21NO3. The summed E-state index contributed by atoms with van der Waals surface area (Å²) in [4.78, 5) is 10.8. The molecule has 0 unspecified atom stereocenters. The SMILES string of the molecule is CNCC1CC(OCCCC(=O)OC)C1. The Bertz CT molecular complexity index is 190. The Hall–Kier alpha value is -0.610. The minimum Gasteiger partial charge on any atom is -0.469 e. The molecule has 1 aliphatic rings. The summed E-state index contributed by atoms with van der Waals surface area (Å²) in [5, 5.41) is 3.16. The maximum atomic E-state index is 10.8. The summed E-state index contributed by atoms with van der Waals surface area (Å²) in [5.74, 6) is 0.626. The predicted octanol–water partition coefficient (Wildman–Crippen LogP) is 0.954. The van der Waals surface area contributed by atoms with Gasteiger partial charge in [0.15, 0.2) is 0 Å². The van der Waals surface area contributed by atoms with Gasteiger partial charge < -0.3 is 14.8 Å². The second kappa shape index (κ2) is 6.80. The van der Waals surface area contributed by atoms with Gasteiger partial charge >= 0.3 is 5.97 Å². The number of carbonyl (C=O) groups excluding carboxylic acids is 1. The van der Waals surface area contributed by atoms with E-state index in [1.807, 2.05) is 7.05 Å². The zero-order valence-electron chi connectivity index (χ0n) is 9.62. The highest BCUT2D eigenvalue weighted by Gasteiger charge is 2.28. The molecule has 1 N–H and O–H groups in total. The molecule has 1 saturated carbocycles. The van der Waals surface area contributed by atoms with Crippen molar-refractivity contribution in [3.63, 3.8) is 0 Å². The largest absolute Gasteiger partial charge is 0.469 e. The zero-order chi connectivity index (χ0) is 11.1. The van der Waals surface area contributed by atoms with Crippen LogP contribution in [0, 0.1) is 5.92 Å². The summed E-state index contributed by atoms with van der Waals surface area (Å²) in [6, 6.07) is 0. The molecule has 0 saturated heterocycles. The van der Waals surface area contributed by atoms with Gasteiger partial charge in [0.05, 0.1) is 13.2 Å². The molecule has 15 heavy (non-hydrogen) atoms. The van der Waals surface area contributed by atoms with Crippen molar-refractivity contribution in [2.75, 3.05) is 27.3 Å². The third-order valence-corrected chi connectivity index (χ3v) is 2.79. The minimum atomic E-state index is -0.153.